The molecule has 0 bridgehead atoms. The minimum atomic E-state index is -4.91. The average Bonchev–Trinajstić information content (AvgIpc) is 2.82. The fourth-order valence-electron chi connectivity index (χ4n) is 1.51. The molecule has 4 N–H and O–H groups in total. The first-order chi connectivity index (χ1) is 10.0. The molecule has 0 saturated carbocycles. The highest BCUT2D eigenvalue weighted by molar-refractivity contribution is 9.10. The molecule has 2 heterocycles. The van der Waals surface area contributed by atoms with Gasteiger partial charge in [-0.3, -0.25) is 0 Å². The molecule has 2 rings (SSSR count). The normalized spacial score (nSPS) is 21.6. The molecule has 1 atom stereocenters. The maximum Gasteiger partial charge on any atom is 0.439 e. The number of hydrogen-bond acceptors (Lipinski definition) is 6. The summed E-state index contributed by atoms with van der Waals surface area (Å²) in [4.78, 5) is 17.8. The van der Waals surface area contributed by atoms with Gasteiger partial charge < -0.3 is 10.2 Å². The number of halogens is 4. The fourth-order valence-corrected chi connectivity index (χ4v) is 3.15. The molecule has 7 nitrogen and oxygen atoms in total. The number of carbonyl (C=O) groups is 1. The lowest BCUT2D eigenvalue weighted by Crippen LogP contribution is -2.43. The maximum atomic E-state index is 12.7. The molecule has 120 valence electrons. The van der Waals surface area contributed by atoms with E-state index in [9.17, 15) is 23.1 Å². The van der Waals surface area contributed by atoms with E-state index in [4.69, 9.17) is 10.9 Å². The van der Waals surface area contributed by atoms with Gasteiger partial charge in [-0.15, -0.1) is 11.8 Å². The van der Waals surface area contributed by atoms with Crippen LogP contribution in [0.1, 0.15) is 5.56 Å². The van der Waals surface area contributed by atoms with Gasteiger partial charge in [-0.25, -0.2) is 20.6 Å². The molecule has 0 fully saturated rings. The maximum absolute atomic E-state index is 12.7. The molecular formula is C10H8BrF3N4O3S. The third-order valence-electron chi connectivity index (χ3n) is 2.67. The van der Waals surface area contributed by atoms with Crippen LogP contribution in [0, 0.1) is 0 Å². The summed E-state index contributed by atoms with van der Waals surface area (Å²) in [5.74, 6) is 4.37. The van der Waals surface area contributed by atoms with E-state index in [-0.39, 0.29) is 20.9 Å². The summed E-state index contributed by atoms with van der Waals surface area (Å²) in [6.45, 7) is 0. The van der Waals surface area contributed by atoms with Gasteiger partial charge in [0.1, 0.15) is 5.04 Å². The van der Waals surface area contributed by atoms with Crippen molar-refractivity contribution < 1.29 is 28.2 Å². The number of anilines is 1. The van der Waals surface area contributed by atoms with Crippen molar-refractivity contribution in [2.24, 2.45) is 10.8 Å². The molecule has 1 aliphatic heterocycles. The van der Waals surface area contributed by atoms with Crippen molar-refractivity contribution in [2.75, 3.05) is 10.8 Å². The van der Waals surface area contributed by atoms with Crippen molar-refractivity contribution in [1.29, 1.82) is 0 Å². The minimum Gasteiger partial charge on any atom is -0.464 e. The summed E-state index contributed by atoms with van der Waals surface area (Å²) in [5.41, 5.74) is -3.03. The Hall–Kier alpha value is -1.37. The number of carboxylic acid groups (broad SMARTS) is 1. The van der Waals surface area contributed by atoms with E-state index in [0.717, 1.165) is 6.07 Å². The third kappa shape index (κ3) is 3.04. The lowest BCUT2D eigenvalue weighted by Gasteiger charge is -2.21. The van der Waals surface area contributed by atoms with Gasteiger partial charge in [-0.1, -0.05) is 0 Å². The van der Waals surface area contributed by atoms with Crippen LogP contribution in [0.25, 0.3) is 0 Å². The van der Waals surface area contributed by atoms with E-state index >= 15 is 0 Å². The Bertz CT molecular complexity index is 657. The lowest BCUT2D eigenvalue weighted by atomic mass is 10.2. The summed E-state index contributed by atoms with van der Waals surface area (Å²) in [6, 6.07) is 1.16. The van der Waals surface area contributed by atoms with Gasteiger partial charge in [0, 0.05) is 16.2 Å². The van der Waals surface area contributed by atoms with Crippen LogP contribution in [-0.4, -0.2) is 44.0 Å². The van der Waals surface area contributed by atoms with Crippen LogP contribution in [0.5, 0.6) is 0 Å². The Balaban J connectivity index is 2.44. The highest BCUT2D eigenvalue weighted by atomic mass is 79.9. The van der Waals surface area contributed by atoms with Crippen LogP contribution in [-0.2, 0) is 0 Å². The van der Waals surface area contributed by atoms with Gasteiger partial charge >= 0.3 is 12.3 Å². The highest BCUT2D eigenvalue weighted by Crippen LogP contribution is 2.41. The number of aromatic nitrogens is 1. The van der Waals surface area contributed by atoms with Gasteiger partial charge in [0.2, 0.25) is 0 Å². The number of hydrazine groups is 1. The molecule has 12 heteroatoms. The van der Waals surface area contributed by atoms with Gasteiger partial charge in [0.05, 0.1) is 5.75 Å². The van der Waals surface area contributed by atoms with Gasteiger partial charge in [0.25, 0.3) is 5.72 Å². The Kier molecular flexibility index (Phi) is 4.39. The Morgan fingerprint density at radius 3 is 2.68 bits per heavy atom. The van der Waals surface area contributed by atoms with Gasteiger partial charge in [0.15, 0.2) is 5.82 Å². The molecule has 0 saturated heterocycles. The van der Waals surface area contributed by atoms with E-state index in [1.807, 2.05) is 0 Å². The van der Waals surface area contributed by atoms with Crippen LogP contribution in [0.3, 0.4) is 0 Å². The second-order valence-electron chi connectivity index (χ2n) is 4.19. The van der Waals surface area contributed by atoms with Crippen molar-refractivity contribution in [1.82, 2.24) is 4.98 Å². The predicted octanol–water partition coefficient (Wildman–Crippen LogP) is 1.95. The largest absolute Gasteiger partial charge is 0.464 e. The predicted molar refractivity (Wildman–Crippen MR) is 76.6 cm³/mol. The number of rotatable bonds is 2. The van der Waals surface area contributed by atoms with Crippen LogP contribution >= 0.6 is 27.7 Å². The van der Waals surface area contributed by atoms with E-state index in [1.165, 1.54) is 6.20 Å². The standard InChI is InChI=1S/C10H8BrF3N4O3S/c11-5-2-16-6(18(15)8(19)20)1-4(5)7-17-9(21,3-22-7)10(12,13)14/h1-2,21H,3,15H2,(H,19,20). The molecule has 1 aliphatic rings. The Morgan fingerprint density at radius 1 is 1.55 bits per heavy atom. The summed E-state index contributed by atoms with van der Waals surface area (Å²) in [5, 5.41) is 18.5. The Labute approximate surface area is 134 Å². The number of amides is 1. The highest BCUT2D eigenvalue weighted by Gasteiger charge is 2.57. The zero-order chi connectivity index (χ0) is 16.7. The quantitative estimate of drug-likeness (QED) is 0.397. The van der Waals surface area contributed by atoms with E-state index in [0.29, 0.717) is 16.8 Å². The first kappa shape index (κ1) is 17.0. The van der Waals surface area contributed by atoms with Gasteiger partial charge in [-0.05, 0) is 22.0 Å². The summed E-state index contributed by atoms with van der Waals surface area (Å²) >= 11 is 3.78. The number of nitrogens with two attached hydrogens (primary N) is 1. The van der Waals surface area contributed by atoms with E-state index in [1.54, 1.807) is 0 Å². The summed E-state index contributed by atoms with van der Waals surface area (Å²) in [7, 11) is 0. The molecule has 0 radical (unpaired) electrons. The van der Waals surface area contributed by atoms with Crippen LogP contribution in [0.2, 0.25) is 0 Å². The van der Waals surface area contributed by atoms with Crippen LogP contribution in [0.15, 0.2) is 21.7 Å². The first-order valence-electron chi connectivity index (χ1n) is 5.50. The molecule has 1 aromatic rings. The van der Waals surface area contributed by atoms with E-state index < -0.39 is 23.7 Å². The molecule has 0 aliphatic carbocycles. The first-order valence-corrected chi connectivity index (χ1v) is 7.28. The topological polar surface area (TPSA) is 112 Å². The van der Waals surface area contributed by atoms with Crippen molar-refractivity contribution in [3.8, 4) is 0 Å². The third-order valence-corrected chi connectivity index (χ3v) is 4.44. The van der Waals surface area contributed by atoms with Crippen molar-refractivity contribution >= 4 is 44.6 Å². The van der Waals surface area contributed by atoms with Crippen molar-refractivity contribution in [3.63, 3.8) is 0 Å². The zero-order valence-electron chi connectivity index (χ0n) is 10.5. The smallest absolute Gasteiger partial charge is 0.439 e. The van der Waals surface area contributed by atoms with Crippen molar-refractivity contribution in [2.45, 2.75) is 11.9 Å². The number of pyridine rings is 1. The molecule has 0 aromatic carbocycles. The minimum absolute atomic E-state index is 0.103. The van der Waals surface area contributed by atoms with Crippen LogP contribution in [0.4, 0.5) is 23.8 Å². The summed E-state index contributed by atoms with van der Waals surface area (Å²) in [6.07, 6.45) is -5.22. The number of nitrogens with zero attached hydrogens (tertiary/aromatic N) is 3. The average molecular weight is 401 g/mol. The molecule has 1 aromatic heterocycles. The lowest BCUT2D eigenvalue weighted by molar-refractivity contribution is -0.245. The van der Waals surface area contributed by atoms with Crippen LogP contribution < -0.4 is 10.9 Å². The molecule has 1 amide bonds. The van der Waals surface area contributed by atoms with Crippen molar-refractivity contribution in [3.05, 3.63) is 22.3 Å². The number of aliphatic hydroxyl groups is 1. The van der Waals surface area contributed by atoms with Gasteiger partial charge in [-0.2, -0.15) is 18.2 Å². The second-order valence-corrected chi connectivity index (χ2v) is 6.01. The monoisotopic (exact) mass is 400 g/mol. The number of alkyl halides is 3. The second kappa shape index (κ2) is 5.68. The number of hydrogen-bond donors (Lipinski definition) is 3. The number of thioether (sulfide) groups is 1. The fraction of sp³-hybridized carbons (Fsp3) is 0.300. The molecule has 22 heavy (non-hydrogen) atoms. The SMILES string of the molecule is NN(C(=O)O)c1cc(C2=NC(O)(C(F)(F)F)CS2)c(Br)cn1. The van der Waals surface area contributed by atoms with E-state index in [2.05, 4.69) is 25.9 Å². The zero-order valence-corrected chi connectivity index (χ0v) is 12.9. The molecular weight excluding hydrogens is 393 g/mol. The Morgan fingerprint density at radius 2 is 2.18 bits per heavy atom. The summed E-state index contributed by atoms with van der Waals surface area (Å²) < 4.78 is 38.5. The molecule has 0 spiro atoms. The number of aliphatic imine (C=N–C) groups is 1. The molecule has 1 unspecified atom stereocenters.